The highest BCUT2D eigenvalue weighted by Gasteiger charge is 2.02. The summed E-state index contributed by atoms with van der Waals surface area (Å²) in [5.41, 5.74) is 1.07. The third-order valence-electron chi connectivity index (χ3n) is 1.57. The van der Waals surface area contributed by atoms with Crippen LogP contribution in [0, 0.1) is 0 Å². The zero-order chi connectivity index (χ0) is 8.10. The largest absolute Gasteiger partial charge is 0.277 e. The standard InChI is InChI=1S/C9H10NO/c1-8(10-7-11)9-5-3-2-4-6-9/h2-8H,1H3. The molecule has 0 saturated heterocycles. The minimum absolute atomic E-state index is 0.0197. The lowest BCUT2D eigenvalue weighted by molar-refractivity contribution is -0.110. The molecule has 1 radical (unpaired) electrons. The van der Waals surface area contributed by atoms with Crippen molar-refractivity contribution >= 4 is 6.41 Å². The number of carbonyl (C=O) groups excluding carboxylic acids is 1. The van der Waals surface area contributed by atoms with Crippen LogP contribution >= 0.6 is 0 Å². The van der Waals surface area contributed by atoms with Crippen molar-refractivity contribution in [3.8, 4) is 0 Å². The molecule has 0 bridgehead atoms. The predicted molar refractivity (Wildman–Crippen MR) is 43.1 cm³/mol. The number of hydrogen-bond acceptors (Lipinski definition) is 1. The number of rotatable bonds is 3. The summed E-state index contributed by atoms with van der Waals surface area (Å²) in [5, 5.41) is 3.71. The van der Waals surface area contributed by atoms with Crippen LogP contribution in [0.4, 0.5) is 0 Å². The van der Waals surface area contributed by atoms with Gasteiger partial charge in [0.15, 0.2) is 0 Å². The van der Waals surface area contributed by atoms with Crippen molar-refractivity contribution in [1.82, 2.24) is 5.32 Å². The second kappa shape index (κ2) is 3.76. The van der Waals surface area contributed by atoms with Gasteiger partial charge in [0.05, 0.1) is 6.04 Å². The Bertz CT molecular complexity index is 220. The van der Waals surface area contributed by atoms with Crippen molar-refractivity contribution in [2.75, 3.05) is 0 Å². The van der Waals surface area contributed by atoms with Gasteiger partial charge in [-0.1, -0.05) is 30.3 Å². The summed E-state index contributed by atoms with van der Waals surface area (Å²) in [6, 6.07) is 9.71. The molecular weight excluding hydrogens is 138 g/mol. The summed E-state index contributed by atoms with van der Waals surface area (Å²) in [6.07, 6.45) is 0.595. The Morgan fingerprint density at radius 2 is 2.00 bits per heavy atom. The lowest BCUT2D eigenvalue weighted by Gasteiger charge is -2.06. The maximum absolute atomic E-state index is 10.0. The Morgan fingerprint density at radius 1 is 1.36 bits per heavy atom. The van der Waals surface area contributed by atoms with E-state index in [0.717, 1.165) is 5.56 Å². The smallest absolute Gasteiger partial charge is 0.228 e. The van der Waals surface area contributed by atoms with Crippen LogP contribution in [-0.4, -0.2) is 6.41 Å². The summed E-state index contributed by atoms with van der Waals surface area (Å²) in [4.78, 5) is 10.0. The molecule has 1 rings (SSSR count). The molecule has 1 amide bonds. The van der Waals surface area contributed by atoms with Crippen molar-refractivity contribution in [1.29, 1.82) is 0 Å². The Hall–Kier alpha value is -1.31. The van der Waals surface area contributed by atoms with E-state index in [1.165, 1.54) is 0 Å². The number of amides is 1. The first-order valence-electron chi connectivity index (χ1n) is 3.53. The van der Waals surface area contributed by atoms with Crippen LogP contribution in [0.1, 0.15) is 18.5 Å². The Kier molecular flexibility index (Phi) is 2.66. The van der Waals surface area contributed by atoms with E-state index < -0.39 is 0 Å². The quantitative estimate of drug-likeness (QED) is 0.598. The molecule has 0 spiro atoms. The number of nitrogens with zero attached hydrogens (tertiary/aromatic N) is 1. The van der Waals surface area contributed by atoms with Crippen LogP contribution in [0.2, 0.25) is 0 Å². The molecule has 0 aliphatic rings. The third kappa shape index (κ3) is 2.08. The molecule has 0 heterocycles. The van der Waals surface area contributed by atoms with E-state index in [1.807, 2.05) is 37.3 Å². The van der Waals surface area contributed by atoms with Gasteiger partial charge < -0.3 is 0 Å². The minimum Gasteiger partial charge on any atom is -0.277 e. The molecule has 1 aromatic carbocycles. The molecule has 0 fully saturated rings. The van der Waals surface area contributed by atoms with Crippen LogP contribution < -0.4 is 5.32 Å². The molecule has 11 heavy (non-hydrogen) atoms. The van der Waals surface area contributed by atoms with Gasteiger partial charge in [0, 0.05) is 0 Å². The number of hydrogen-bond donors (Lipinski definition) is 0. The molecule has 0 aromatic heterocycles. The zero-order valence-electron chi connectivity index (χ0n) is 6.40. The van der Waals surface area contributed by atoms with Gasteiger partial charge in [0.1, 0.15) is 0 Å². The molecule has 2 heteroatoms. The maximum atomic E-state index is 10.0. The summed E-state index contributed by atoms with van der Waals surface area (Å²) >= 11 is 0. The van der Waals surface area contributed by atoms with Crippen molar-refractivity contribution in [2.45, 2.75) is 13.0 Å². The van der Waals surface area contributed by atoms with Crippen LogP contribution in [0.15, 0.2) is 30.3 Å². The van der Waals surface area contributed by atoms with Gasteiger partial charge in [0.2, 0.25) is 6.41 Å². The molecule has 0 N–H and O–H groups in total. The molecule has 1 unspecified atom stereocenters. The highest BCUT2D eigenvalue weighted by Crippen LogP contribution is 2.10. The van der Waals surface area contributed by atoms with E-state index in [9.17, 15) is 4.79 Å². The topological polar surface area (TPSA) is 31.2 Å². The van der Waals surface area contributed by atoms with Crippen LogP contribution in [0.5, 0.6) is 0 Å². The molecule has 1 aromatic rings. The van der Waals surface area contributed by atoms with Crippen molar-refractivity contribution in [3.63, 3.8) is 0 Å². The minimum atomic E-state index is -0.0197. The normalized spacial score (nSPS) is 12.1. The van der Waals surface area contributed by atoms with E-state index in [1.54, 1.807) is 0 Å². The summed E-state index contributed by atoms with van der Waals surface area (Å²) in [7, 11) is 0. The lowest BCUT2D eigenvalue weighted by atomic mass is 10.1. The summed E-state index contributed by atoms with van der Waals surface area (Å²) in [6.45, 7) is 1.89. The number of benzene rings is 1. The van der Waals surface area contributed by atoms with Crippen LogP contribution in [0.25, 0.3) is 0 Å². The molecular formula is C9H10NO. The first-order chi connectivity index (χ1) is 5.34. The average molecular weight is 148 g/mol. The number of carbonyl (C=O) groups is 1. The average Bonchev–Trinajstić information content (AvgIpc) is 2.07. The van der Waals surface area contributed by atoms with Gasteiger partial charge in [-0.3, -0.25) is 4.79 Å². The highest BCUT2D eigenvalue weighted by molar-refractivity contribution is 5.47. The van der Waals surface area contributed by atoms with Gasteiger partial charge in [-0.2, -0.15) is 0 Å². The van der Waals surface area contributed by atoms with Crippen LogP contribution in [0.3, 0.4) is 0 Å². The Morgan fingerprint density at radius 3 is 2.55 bits per heavy atom. The SMILES string of the molecule is CC([N]C=O)c1ccccc1. The van der Waals surface area contributed by atoms with E-state index in [0.29, 0.717) is 6.41 Å². The van der Waals surface area contributed by atoms with Crippen molar-refractivity contribution in [3.05, 3.63) is 35.9 Å². The lowest BCUT2D eigenvalue weighted by Crippen LogP contribution is -2.07. The van der Waals surface area contributed by atoms with Gasteiger partial charge in [-0.25, -0.2) is 5.32 Å². The van der Waals surface area contributed by atoms with E-state index in [-0.39, 0.29) is 6.04 Å². The highest BCUT2D eigenvalue weighted by atomic mass is 16.1. The first-order valence-corrected chi connectivity index (χ1v) is 3.53. The molecule has 0 aliphatic carbocycles. The Balaban J connectivity index is 2.68. The fourth-order valence-electron chi connectivity index (χ4n) is 0.909. The predicted octanol–water partition coefficient (Wildman–Crippen LogP) is 1.51. The molecule has 0 aliphatic heterocycles. The third-order valence-corrected chi connectivity index (χ3v) is 1.57. The van der Waals surface area contributed by atoms with Crippen molar-refractivity contribution < 1.29 is 4.79 Å². The van der Waals surface area contributed by atoms with E-state index in [4.69, 9.17) is 0 Å². The monoisotopic (exact) mass is 148 g/mol. The fraction of sp³-hybridized carbons (Fsp3) is 0.222. The van der Waals surface area contributed by atoms with Crippen molar-refractivity contribution in [2.24, 2.45) is 0 Å². The van der Waals surface area contributed by atoms with E-state index >= 15 is 0 Å². The maximum Gasteiger partial charge on any atom is 0.228 e. The van der Waals surface area contributed by atoms with E-state index in [2.05, 4.69) is 5.32 Å². The second-order valence-corrected chi connectivity index (χ2v) is 2.34. The molecule has 2 nitrogen and oxygen atoms in total. The Labute approximate surface area is 66.2 Å². The summed E-state index contributed by atoms with van der Waals surface area (Å²) in [5.74, 6) is 0. The fourth-order valence-corrected chi connectivity index (χ4v) is 0.909. The van der Waals surface area contributed by atoms with Gasteiger partial charge >= 0.3 is 0 Å². The molecule has 1 atom stereocenters. The van der Waals surface area contributed by atoms with Gasteiger partial charge in [-0.15, -0.1) is 0 Å². The molecule has 57 valence electrons. The zero-order valence-corrected chi connectivity index (χ0v) is 6.40. The molecule has 0 saturated carbocycles. The first kappa shape index (κ1) is 7.79. The van der Waals surface area contributed by atoms with Gasteiger partial charge in [0.25, 0.3) is 0 Å². The second-order valence-electron chi connectivity index (χ2n) is 2.34. The summed E-state index contributed by atoms with van der Waals surface area (Å²) < 4.78 is 0. The van der Waals surface area contributed by atoms with Crippen LogP contribution in [-0.2, 0) is 4.79 Å². The van der Waals surface area contributed by atoms with Gasteiger partial charge in [-0.05, 0) is 12.5 Å².